The average Bonchev–Trinajstić information content (AvgIpc) is 2.95. The van der Waals surface area contributed by atoms with Crippen molar-refractivity contribution in [1.29, 1.82) is 0 Å². The number of rotatable bonds is 6. The molecule has 0 bridgehead atoms. The van der Waals surface area contributed by atoms with Gasteiger partial charge in [-0.05, 0) is 30.6 Å². The topological polar surface area (TPSA) is 51.0 Å². The van der Waals surface area contributed by atoms with E-state index < -0.39 is 0 Å². The highest BCUT2D eigenvalue weighted by atomic mass is 16.6. The minimum Gasteiger partial charge on any atom is -0.461 e. The summed E-state index contributed by atoms with van der Waals surface area (Å²) >= 11 is 0. The molecule has 1 heterocycles. The maximum Gasteiger partial charge on any atom is 0.315 e. The minimum absolute atomic E-state index is 0.0312. The van der Waals surface area contributed by atoms with Crippen molar-refractivity contribution >= 4 is 5.97 Å². The Hall–Kier alpha value is -1.65. The first-order valence-electron chi connectivity index (χ1n) is 10.9. The lowest BCUT2D eigenvalue weighted by Crippen LogP contribution is -3.12. The van der Waals surface area contributed by atoms with E-state index in [0.717, 1.165) is 19.5 Å². The molecule has 4 heteroatoms. The highest BCUT2D eigenvalue weighted by Crippen LogP contribution is 2.53. The number of fused-ring (bicyclic) bond motifs is 2. The summed E-state index contributed by atoms with van der Waals surface area (Å²) in [6, 6.07) is 10.3. The van der Waals surface area contributed by atoms with E-state index in [9.17, 15) is 9.90 Å². The van der Waals surface area contributed by atoms with E-state index in [1.807, 2.05) is 18.2 Å². The third-order valence-electron chi connectivity index (χ3n) is 7.35. The first-order chi connectivity index (χ1) is 13.5. The number of carbonyl (C=O) groups excluding carboxylic acids is 1. The summed E-state index contributed by atoms with van der Waals surface area (Å²) in [4.78, 5) is 14.0. The lowest BCUT2D eigenvalue weighted by molar-refractivity contribution is -0.916. The molecule has 1 aromatic carbocycles. The van der Waals surface area contributed by atoms with Crippen LogP contribution in [0.15, 0.2) is 42.0 Å². The Morgan fingerprint density at radius 2 is 2.07 bits per heavy atom. The fraction of sp³-hybridized carbons (Fsp3) is 0.625. The molecule has 0 amide bonds. The normalized spacial score (nSPS) is 35.5. The highest BCUT2D eigenvalue weighted by molar-refractivity contribution is 5.76. The zero-order chi connectivity index (χ0) is 19.7. The lowest BCUT2D eigenvalue weighted by atomic mass is 9.59. The van der Waals surface area contributed by atoms with Crippen LogP contribution in [0.2, 0.25) is 0 Å². The molecule has 1 saturated carbocycles. The van der Waals surface area contributed by atoms with E-state index in [0.29, 0.717) is 12.5 Å². The van der Waals surface area contributed by atoms with Crippen LogP contribution in [0.3, 0.4) is 0 Å². The maximum atomic E-state index is 12.8. The Bertz CT molecular complexity index is 731. The largest absolute Gasteiger partial charge is 0.461 e. The van der Waals surface area contributed by atoms with Crippen LogP contribution in [0, 0.1) is 23.2 Å². The molecule has 6 atom stereocenters. The number of aliphatic hydroxyl groups excluding tert-OH is 1. The lowest BCUT2D eigenvalue weighted by Gasteiger charge is -2.46. The molecular weight excluding hydrogens is 350 g/mol. The van der Waals surface area contributed by atoms with Crippen molar-refractivity contribution in [3.05, 3.63) is 47.5 Å². The van der Waals surface area contributed by atoms with E-state index in [4.69, 9.17) is 4.74 Å². The van der Waals surface area contributed by atoms with Gasteiger partial charge in [-0.15, -0.1) is 0 Å². The van der Waals surface area contributed by atoms with Crippen molar-refractivity contribution < 1.29 is 19.5 Å². The summed E-state index contributed by atoms with van der Waals surface area (Å²) < 4.78 is 5.90. The summed E-state index contributed by atoms with van der Waals surface area (Å²) in [6.45, 7) is 7.05. The summed E-state index contributed by atoms with van der Waals surface area (Å²) in [6.07, 6.45) is 7.17. The van der Waals surface area contributed by atoms with Crippen LogP contribution in [-0.2, 0) is 16.1 Å². The molecule has 2 aliphatic carbocycles. The molecule has 4 nitrogen and oxygen atoms in total. The third-order valence-corrected chi connectivity index (χ3v) is 7.35. The summed E-state index contributed by atoms with van der Waals surface area (Å²) in [5.41, 5.74) is 3.01. The average molecular weight is 385 g/mol. The van der Waals surface area contributed by atoms with Gasteiger partial charge in [0.25, 0.3) is 0 Å². The second-order valence-electron chi connectivity index (χ2n) is 9.43. The maximum absolute atomic E-state index is 12.8. The van der Waals surface area contributed by atoms with Gasteiger partial charge in [-0.25, -0.2) is 0 Å². The van der Waals surface area contributed by atoms with Gasteiger partial charge in [0.2, 0.25) is 0 Å². The first-order valence-corrected chi connectivity index (χ1v) is 10.9. The molecule has 1 aliphatic heterocycles. The predicted molar refractivity (Wildman–Crippen MR) is 109 cm³/mol. The Kier molecular flexibility index (Phi) is 5.62. The van der Waals surface area contributed by atoms with Gasteiger partial charge >= 0.3 is 5.97 Å². The van der Waals surface area contributed by atoms with Crippen LogP contribution in [0.5, 0.6) is 0 Å². The number of carbonyl (C=O) groups is 1. The number of nitrogens with one attached hydrogen (secondary N) is 1. The van der Waals surface area contributed by atoms with Crippen LogP contribution >= 0.6 is 0 Å². The molecule has 3 aliphatic rings. The fourth-order valence-corrected chi connectivity index (χ4v) is 5.90. The van der Waals surface area contributed by atoms with Crippen LogP contribution in [0.4, 0.5) is 0 Å². The summed E-state index contributed by atoms with van der Waals surface area (Å²) in [5.74, 6) is 0.675. The first kappa shape index (κ1) is 19.7. The van der Waals surface area contributed by atoms with Gasteiger partial charge in [0.05, 0.1) is 13.2 Å². The number of ether oxygens (including phenoxy) is 1. The summed E-state index contributed by atoms with van der Waals surface area (Å²) in [7, 11) is 0. The van der Waals surface area contributed by atoms with Crippen LogP contribution in [0.25, 0.3) is 0 Å². The number of allylic oxidation sites excluding steroid dienone is 1. The van der Waals surface area contributed by atoms with Crippen molar-refractivity contribution in [2.75, 3.05) is 19.7 Å². The molecule has 1 aromatic rings. The highest BCUT2D eigenvalue weighted by Gasteiger charge is 2.52. The van der Waals surface area contributed by atoms with Crippen molar-refractivity contribution in [2.45, 2.75) is 52.2 Å². The van der Waals surface area contributed by atoms with E-state index in [1.54, 1.807) is 5.57 Å². The molecule has 2 fully saturated rings. The molecule has 1 saturated heterocycles. The van der Waals surface area contributed by atoms with Crippen LogP contribution < -0.4 is 4.90 Å². The molecule has 0 radical (unpaired) electrons. The number of hydrogen-bond acceptors (Lipinski definition) is 3. The molecular formula is C24H34NO3+. The van der Waals surface area contributed by atoms with Gasteiger partial charge in [-0.3, -0.25) is 4.79 Å². The molecule has 0 spiro atoms. The number of quaternary nitrogens is 1. The Morgan fingerprint density at radius 3 is 2.82 bits per heavy atom. The smallest absolute Gasteiger partial charge is 0.315 e. The van der Waals surface area contributed by atoms with Crippen molar-refractivity contribution in [2.24, 2.45) is 23.2 Å². The van der Waals surface area contributed by atoms with Crippen molar-refractivity contribution in [3.63, 3.8) is 0 Å². The second-order valence-corrected chi connectivity index (χ2v) is 9.43. The van der Waals surface area contributed by atoms with E-state index in [-0.39, 0.29) is 35.9 Å². The number of aliphatic hydroxyl groups is 1. The van der Waals surface area contributed by atoms with Gasteiger partial charge < -0.3 is 14.7 Å². The van der Waals surface area contributed by atoms with Crippen LogP contribution in [0.1, 0.15) is 45.1 Å². The van der Waals surface area contributed by atoms with Gasteiger partial charge in [0.15, 0.2) is 0 Å². The minimum atomic E-state index is -0.0959. The van der Waals surface area contributed by atoms with E-state index in [2.05, 4.69) is 32.1 Å². The van der Waals surface area contributed by atoms with E-state index in [1.165, 1.54) is 29.7 Å². The second kappa shape index (κ2) is 8.00. The molecule has 28 heavy (non-hydrogen) atoms. The quantitative estimate of drug-likeness (QED) is 0.585. The van der Waals surface area contributed by atoms with Crippen molar-refractivity contribution in [3.8, 4) is 0 Å². The predicted octanol–water partition coefficient (Wildman–Crippen LogP) is 2.38. The van der Waals surface area contributed by atoms with Gasteiger partial charge in [0, 0.05) is 11.5 Å². The van der Waals surface area contributed by atoms with Crippen molar-refractivity contribution in [1.82, 2.24) is 0 Å². The fourth-order valence-electron chi connectivity index (χ4n) is 5.90. The zero-order valence-corrected chi connectivity index (χ0v) is 17.2. The van der Waals surface area contributed by atoms with Gasteiger partial charge in [0.1, 0.15) is 25.1 Å². The molecule has 0 aromatic heterocycles. The Balaban J connectivity index is 1.54. The monoisotopic (exact) mass is 384 g/mol. The number of benzene rings is 1. The Labute approximate surface area is 168 Å². The molecule has 4 rings (SSSR count). The molecule has 2 N–H and O–H groups in total. The number of esters is 1. The van der Waals surface area contributed by atoms with Gasteiger partial charge in [-0.2, -0.15) is 0 Å². The zero-order valence-electron chi connectivity index (χ0n) is 17.2. The standard InChI is InChI=1S/C24H33NO3/c1-17-7-6-10-24(2)14-22-19(13-21(17)24)20(23(27)28-22)16-25(11-12-26)15-18-8-4-3-5-9-18/h3-5,8-9,13,17,19-20,22,26H,6-7,10-12,14-16H2,1-2H3/p+1/t17-,19+,20+,22+,24+/m0/s1. The third kappa shape index (κ3) is 3.77. The molecule has 1 unspecified atom stereocenters. The number of hydrogen-bond donors (Lipinski definition) is 2. The SMILES string of the molecule is C[C@H]1CCC[C@]2(C)C[C@H]3OC(=O)[C@H](C[NH+](CCO)Cc4ccccc4)[C@H]3C=C12. The van der Waals surface area contributed by atoms with Gasteiger partial charge in [-0.1, -0.05) is 62.2 Å². The van der Waals surface area contributed by atoms with Crippen LogP contribution in [-0.4, -0.2) is 36.9 Å². The van der Waals surface area contributed by atoms with E-state index >= 15 is 0 Å². The summed E-state index contributed by atoms with van der Waals surface area (Å²) in [5, 5.41) is 9.56. The molecule has 152 valence electrons. The Morgan fingerprint density at radius 1 is 1.29 bits per heavy atom.